The molecule has 2 heterocycles. The van der Waals surface area contributed by atoms with Gasteiger partial charge in [0.25, 0.3) is 0 Å². The smallest absolute Gasteiger partial charge is 0.313 e. The summed E-state index contributed by atoms with van der Waals surface area (Å²) in [6.45, 7) is 3.39. The molecule has 1 N–H and O–H groups in total. The van der Waals surface area contributed by atoms with Crippen LogP contribution in [0.25, 0.3) is 11.0 Å². The summed E-state index contributed by atoms with van der Waals surface area (Å²) in [5.74, 6) is -0.877. The molecule has 3 rings (SSSR count). The van der Waals surface area contributed by atoms with Gasteiger partial charge in [0.1, 0.15) is 0 Å². The predicted octanol–water partition coefficient (Wildman–Crippen LogP) is 3.00. The number of hydrogen-bond acceptors (Lipinski definition) is 4. The highest BCUT2D eigenvalue weighted by Crippen LogP contribution is 2.36. The van der Waals surface area contributed by atoms with E-state index in [2.05, 4.69) is 16.5 Å². The van der Waals surface area contributed by atoms with Crippen LogP contribution in [0.5, 0.6) is 0 Å². The van der Waals surface area contributed by atoms with Crippen LogP contribution in [0.2, 0.25) is 5.02 Å². The third-order valence-corrected chi connectivity index (χ3v) is 4.81. The average Bonchev–Trinajstić information content (AvgIpc) is 3.00. The second-order valence-corrected chi connectivity index (χ2v) is 6.72. The largest absolute Gasteiger partial charge is 0.481 e. The van der Waals surface area contributed by atoms with Gasteiger partial charge in [-0.05, 0) is 31.5 Å². The maximum absolute atomic E-state index is 10.9. The second-order valence-electron chi connectivity index (χ2n) is 5.34. The zero-order valence-electron chi connectivity index (χ0n) is 11.5. The number of ether oxygens (including phenoxy) is 1. The Bertz CT molecular complexity index is 695. The lowest BCUT2D eigenvalue weighted by Crippen LogP contribution is -2.31. The topological polar surface area (TPSA) is 64.4 Å². The molecule has 5 nitrogen and oxygen atoms in total. The van der Waals surface area contributed by atoms with Gasteiger partial charge in [0.15, 0.2) is 5.16 Å². The first-order valence-electron chi connectivity index (χ1n) is 6.60. The summed E-state index contributed by atoms with van der Waals surface area (Å²) in [6, 6.07) is 5.52. The lowest BCUT2D eigenvalue weighted by atomic mass is 10.0. The number of aromatic nitrogens is 2. The Hall–Kier alpha value is -1.24. The van der Waals surface area contributed by atoms with Gasteiger partial charge in [-0.2, -0.15) is 0 Å². The van der Waals surface area contributed by atoms with Gasteiger partial charge in [0.2, 0.25) is 0 Å². The summed E-state index contributed by atoms with van der Waals surface area (Å²) in [4.78, 5) is 15.4. The molecule has 2 aromatic rings. The van der Waals surface area contributed by atoms with E-state index in [-0.39, 0.29) is 11.3 Å². The number of carboxylic acids is 1. The van der Waals surface area contributed by atoms with Crippen molar-refractivity contribution in [3.8, 4) is 0 Å². The Morgan fingerprint density at radius 3 is 3.10 bits per heavy atom. The number of rotatable bonds is 4. The van der Waals surface area contributed by atoms with Crippen molar-refractivity contribution in [2.45, 2.75) is 24.0 Å². The molecule has 0 amide bonds. The molecule has 1 unspecified atom stereocenters. The van der Waals surface area contributed by atoms with Crippen LogP contribution < -0.4 is 0 Å². The van der Waals surface area contributed by atoms with E-state index in [0.717, 1.165) is 17.5 Å². The summed E-state index contributed by atoms with van der Waals surface area (Å²) in [5, 5.41) is 10.2. The first-order valence-corrected chi connectivity index (χ1v) is 7.97. The molecule has 1 aliphatic heterocycles. The van der Waals surface area contributed by atoms with E-state index in [1.165, 1.54) is 11.8 Å². The number of thioether (sulfide) groups is 1. The molecule has 0 aliphatic carbocycles. The molecule has 21 heavy (non-hydrogen) atoms. The Balaban J connectivity index is 2.14. The summed E-state index contributed by atoms with van der Waals surface area (Å²) in [5.41, 5.74) is 1.52. The number of benzene rings is 1. The minimum atomic E-state index is -0.857. The highest BCUT2D eigenvalue weighted by atomic mass is 35.5. The lowest BCUT2D eigenvalue weighted by molar-refractivity contribution is -0.133. The van der Waals surface area contributed by atoms with Crippen LogP contribution in [-0.4, -0.2) is 39.6 Å². The Labute approximate surface area is 131 Å². The molecule has 1 aliphatic rings. The van der Waals surface area contributed by atoms with Crippen LogP contribution in [-0.2, 0) is 15.1 Å². The van der Waals surface area contributed by atoms with Gasteiger partial charge in [-0.3, -0.25) is 4.79 Å². The highest BCUT2D eigenvalue weighted by molar-refractivity contribution is 7.99. The average molecular weight is 327 g/mol. The van der Waals surface area contributed by atoms with Crippen LogP contribution in [0.15, 0.2) is 23.4 Å². The van der Waals surface area contributed by atoms with Gasteiger partial charge in [0, 0.05) is 11.6 Å². The Kier molecular flexibility index (Phi) is 3.86. The molecule has 0 saturated carbocycles. The van der Waals surface area contributed by atoms with E-state index in [1.807, 2.05) is 12.1 Å². The van der Waals surface area contributed by atoms with Crippen molar-refractivity contribution in [3.05, 3.63) is 23.2 Å². The number of hydrogen-bond donors (Lipinski definition) is 1. The molecular formula is C14H15ClN2O3S. The third kappa shape index (κ3) is 2.75. The number of fused-ring (bicyclic) bond motifs is 1. The van der Waals surface area contributed by atoms with Crippen LogP contribution in [0.3, 0.4) is 0 Å². The van der Waals surface area contributed by atoms with Crippen molar-refractivity contribution < 1.29 is 14.6 Å². The minimum Gasteiger partial charge on any atom is -0.481 e. The van der Waals surface area contributed by atoms with Gasteiger partial charge in [-0.25, -0.2) is 4.98 Å². The predicted molar refractivity (Wildman–Crippen MR) is 82.2 cm³/mol. The third-order valence-electron chi connectivity index (χ3n) is 3.65. The molecule has 1 atom stereocenters. The van der Waals surface area contributed by atoms with Crippen molar-refractivity contribution in [2.24, 2.45) is 0 Å². The summed E-state index contributed by atoms with van der Waals surface area (Å²) >= 11 is 7.33. The first-order chi connectivity index (χ1) is 9.99. The molecule has 0 radical (unpaired) electrons. The fraction of sp³-hybridized carbons (Fsp3) is 0.429. The number of aliphatic carboxylic acids is 1. The van der Waals surface area contributed by atoms with E-state index >= 15 is 0 Å². The van der Waals surface area contributed by atoms with E-state index < -0.39 is 5.97 Å². The van der Waals surface area contributed by atoms with Gasteiger partial charge in [-0.1, -0.05) is 23.4 Å². The zero-order valence-corrected chi connectivity index (χ0v) is 13.1. The number of halogens is 1. The van der Waals surface area contributed by atoms with Crippen LogP contribution in [0.1, 0.15) is 13.3 Å². The summed E-state index contributed by atoms with van der Waals surface area (Å²) in [6.07, 6.45) is 0.867. The number of nitrogens with zero attached hydrogens (tertiary/aromatic N) is 2. The Morgan fingerprint density at radius 2 is 2.43 bits per heavy atom. The van der Waals surface area contributed by atoms with Gasteiger partial charge < -0.3 is 14.4 Å². The van der Waals surface area contributed by atoms with Crippen LogP contribution in [0.4, 0.5) is 0 Å². The fourth-order valence-corrected chi connectivity index (χ4v) is 3.63. The zero-order chi connectivity index (χ0) is 15.0. The second kappa shape index (κ2) is 5.51. The molecule has 0 spiro atoms. The van der Waals surface area contributed by atoms with Crippen molar-refractivity contribution in [3.63, 3.8) is 0 Å². The highest BCUT2D eigenvalue weighted by Gasteiger charge is 2.35. The Morgan fingerprint density at radius 1 is 1.62 bits per heavy atom. The number of imidazole rings is 1. The molecule has 1 aromatic carbocycles. The van der Waals surface area contributed by atoms with Gasteiger partial charge in [-0.15, -0.1) is 0 Å². The van der Waals surface area contributed by atoms with Crippen molar-refractivity contribution in [2.75, 3.05) is 19.0 Å². The quantitative estimate of drug-likeness (QED) is 0.875. The maximum Gasteiger partial charge on any atom is 0.313 e. The molecular weight excluding hydrogens is 312 g/mol. The van der Waals surface area contributed by atoms with Gasteiger partial charge in [0.05, 0.1) is 28.9 Å². The summed E-state index contributed by atoms with van der Waals surface area (Å²) < 4.78 is 7.61. The maximum atomic E-state index is 10.9. The van der Waals surface area contributed by atoms with E-state index in [1.54, 1.807) is 6.07 Å². The van der Waals surface area contributed by atoms with Crippen molar-refractivity contribution >= 4 is 40.4 Å². The fourth-order valence-electron chi connectivity index (χ4n) is 2.60. The van der Waals surface area contributed by atoms with E-state index in [0.29, 0.717) is 23.4 Å². The van der Waals surface area contributed by atoms with Gasteiger partial charge >= 0.3 is 5.97 Å². The monoisotopic (exact) mass is 326 g/mol. The van der Waals surface area contributed by atoms with E-state index in [4.69, 9.17) is 21.4 Å². The first kappa shape index (κ1) is 14.7. The molecule has 0 bridgehead atoms. The molecule has 1 aromatic heterocycles. The van der Waals surface area contributed by atoms with Crippen molar-refractivity contribution in [1.29, 1.82) is 0 Å². The molecule has 1 saturated heterocycles. The van der Waals surface area contributed by atoms with E-state index in [9.17, 15) is 4.79 Å². The normalized spacial score (nSPS) is 22.0. The molecule has 1 fully saturated rings. The number of carbonyl (C=O) groups is 1. The minimum absolute atomic E-state index is 0.0199. The lowest BCUT2D eigenvalue weighted by Gasteiger charge is -2.26. The van der Waals surface area contributed by atoms with Crippen LogP contribution in [0, 0.1) is 0 Å². The van der Waals surface area contributed by atoms with Crippen molar-refractivity contribution in [1.82, 2.24) is 9.55 Å². The molecule has 7 heteroatoms. The number of carboxylic acid groups (broad SMARTS) is 1. The standard InChI is InChI=1S/C14H15ClN2O3S/c1-14(4-5-20-8-14)17-11-6-9(15)2-3-10(11)16-13(17)21-7-12(18)19/h2-3,6H,4-5,7-8H2,1H3,(H,18,19). The summed E-state index contributed by atoms with van der Waals surface area (Å²) in [7, 11) is 0. The molecule has 112 valence electrons. The van der Waals surface area contributed by atoms with Crippen LogP contribution >= 0.6 is 23.4 Å². The SMILES string of the molecule is CC1(n2c(SCC(=O)O)nc3ccc(Cl)cc32)CCOC1.